The van der Waals surface area contributed by atoms with Crippen LogP contribution in [0.15, 0.2) is 12.1 Å². The van der Waals surface area contributed by atoms with Crippen LogP contribution in [0.2, 0.25) is 10.0 Å². The highest BCUT2D eigenvalue weighted by atomic mass is 35.5. The Labute approximate surface area is 89.8 Å². The minimum Gasteiger partial charge on any atom is -0.258 e. The third-order valence-corrected chi connectivity index (χ3v) is 2.40. The van der Waals surface area contributed by atoms with Crippen LogP contribution in [0.5, 0.6) is 0 Å². The van der Waals surface area contributed by atoms with E-state index in [2.05, 4.69) is 0 Å². The van der Waals surface area contributed by atoms with Gasteiger partial charge in [-0.3, -0.25) is 10.1 Å². The van der Waals surface area contributed by atoms with Crippen molar-refractivity contribution in [2.75, 3.05) is 0 Å². The Morgan fingerprint density at radius 1 is 1.50 bits per heavy atom. The molecule has 0 atom stereocenters. The van der Waals surface area contributed by atoms with Crippen LogP contribution < -0.4 is 0 Å². The van der Waals surface area contributed by atoms with Crippen LogP contribution in [-0.4, -0.2) is 4.92 Å². The molecule has 72 valence electrons. The van der Waals surface area contributed by atoms with Gasteiger partial charge in [0.1, 0.15) is 5.02 Å². The summed E-state index contributed by atoms with van der Waals surface area (Å²) in [5, 5.41) is 19.1. The fourth-order valence-corrected chi connectivity index (χ4v) is 1.41. The Morgan fingerprint density at radius 3 is 2.64 bits per heavy atom. The van der Waals surface area contributed by atoms with Gasteiger partial charge in [-0.15, -0.1) is 0 Å². The van der Waals surface area contributed by atoms with E-state index in [1.807, 2.05) is 6.07 Å². The van der Waals surface area contributed by atoms with E-state index in [0.29, 0.717) is 0 Å². The van der Waals surface area contributed by atoms with E-state index in [4.69, 9.17) is 28.5 Å². The van der Waals surface area contributed by atoms with Crippen molar-refractivity contribution in [3.8, 4) is 6.07 Å². The first kappa shape index (κ1) is 10.8. The summed E-state index contributed by atoms with van der Waals surface area (Å²) in [6, 6.07) is 4.68. The molecule has 0 bridgehead atoms. The highest BCUT2D eigenvalue weighted by molar-refractivity contribution is 6.43. The number of hydrogen-bond acceptors (Lipinski definition) is 3. The highest BCUT2D eigenvalue weighted by Crippen LogP contribution is 2.34. The molecule has 0 aromatic heterocycles. The number of nitrogens with zero attached hydrogens (tertiary/aromatic N) is 2. The van der Waals surface area contributed by atoms with E-state index in [0.717, 1.165) is 0 Å². The topological polar surface area (TPSA) is 66.9 Å². The zero-order chi connectivity index (χ0) is 10.7. The van der Waals surface area contributed by atoms with Gasteiger partial charge in [-0.2, -0.15) is 5.26 Å². The van der Waals surface area contributed by atoms with Crippen molar-refractivity contribution in [2.24, 2.45) is 0 Å². The van der Waals surface area contributed by atoms with Gasteiger partial charge in [-0.1, -0.05) is 23.2 Å². The van der Waals surface area contributed by atoms with Crippen molar-refractivity contribution in [1.29, 1.82) is 5.26 Å². The van der Waals surface area contributed by atoms with Crippen LogP contribution >= 0.6 is 23.2 Å². The smallest absolute Gasteiger partial charge is 0.258 e. The summed E-state index contributed by atoms with van der Waals surface area (Å²) in [6.07, 6.45) is -0.0623. The number of nitriles is 1. The Bertz CT molecular complexity index is 426. The summed E-state index contributed by atoms with van der Waals surface area (Å²) in [4.78, 5) is 9.98. The summed E-state index contributed by atoms with van der Waals surface area (Å²) in [7, 11) is 0. The minimum absolute atomic E-state index is 0.0623. The van der Waals surface area contributed by atoms with Crippen LogP contribution in [-0.2, 0) is 6.42 Å². The molecule has 0 radical (unpaired) electrons. The number of halogens is 2. The van der Waals surface area contributed by atoms with Gasteiger partial charge < -0.3 is 0 Å². The van der Waals surface area contributed by atoms with Gasteiger partial charge in [-0.05, 0) is 12.1 Å². The maximum Gasteiger partial charge on any atom is 0.293 e. The average molecular weight is 231 g/mol. The van der Waals surface area contributed by atoms with Gasteiger partial charge in [0.15, 0.2) is 0 Å². The molecule has 4 nitrogen and oxygen atoms in total. The molecular weight excluding hydrogens is 227 g/mol. The second-order valence-corrected chi connectivity index (χ2v) is 3.25. The molecule has 0 unspecified atom stereocenters. The molecule has 0 aliphatic carbocycles. The van der Waals surface area contributed by atoms with Crippen molar-refractivity contribution in [2.45, 2.75) is 6.42 Å². The summed E-state index contributed by atoms with van der Waals surface area (Å²) in [6.45, 7) is 0. The Morgan fingerprint density at radius 2 is 2.14 bits per heavy atom. The molecule has 1 rings (SSSR count). The molecule has 1 aromatic carbocycles. The second kappa shape index (κ2) is 4.27. The molecule has 0 fully saturated rings. The Balaban J connectivity index is 3.39. The predicted molar refractivity (Wildman–Crippen MR) is 52.4 cm³/mol. The first-order chi connectivity index (χ1) is 6.57. The van der Waals surface area contributed by atoms with Gasteiger partial charge in [-0.25, -0.2) is 0 Å². The third-order valence-electron chi connectivity index (χ3n) is 1.60. The number of benzene rings is 1. The first-order valence-corrected chi connectivity index (χ1v) is 4.31. The Kier molecular flexibility index (Phi) is 3.28. The number of hydrogen-bond donors (Lipinski definition) is 0. The van der Waals surface area contributed by atoms with E-state index < -0.39 is 4.92 Å². The zero-order valence-electron chi connectivity index (χ0n) is 6.83. The number of nitro groups is 1. The van der Waals surface area contributed by atoms with Crippen molar-refractivity contribution < 1.29 is 4.92 Å². The van der Waals surface area contributed by atoms with Crippen molar-refractivity contribution in [1.82, 2.24) is 0 Å². The highest BCUT2D eigenvalue weighted by Gasteiger charge is 2.20. The van der Waals surface area contributed by atoms with E-state index in [1.165, 1.54) is 12.1 Å². The fourth-order valence-electron chi connectivity index (χ4n) is 1.01. The van der Waals surface area contributed by atoms with Crippen molar-refractivity contribution in [3.05, 3.63) is 37.9 Å². The standard InChI is InChI=1S/C8H4Cl2N2O2/c9-6-2-1-5(3-4-11)8(7(6)10)12(13)14/h1-2H,3H2. The normalized spacial score (nSPS) is 9.50. The van der Waals surface area contributed by atoms with E-state index >= 15 is 0 Å². The van der Waals surface area contributed by atoms with E-state index in [9.17, 15) is 10.1 Å². The van der Waals surface area contributed by atoms with Crippen LogP contribution in [0.4, 0.5) is 5.69 Å². The largest absolute Gasteiger partial charge is 0.293 e. The van der Waals surface area contributed by atoms with Crippen LogP contribution in [0.25, 0.3) is 0 Å². The molecule has 0 aliphatic rings. The maximum atomic E-state index is 10.6. The molecule has 0 heterocycles. The van der Waals surface area contributed by atoms with E-state index in [-0.39, 0.29) is 27.7 Å². The summed E-state index contributed by atoms with van der Waals surface area (Å²) in [5.74, 6) is 0. The maximum absolute atomic E-state index is 10.6. The molecule has 0 N–H and O–H groups in total. The molecule has 0 aliphatic heterocycles. The van der Waals surface area contributed by atoms with Gasteiger partial charge in [0.2, 0.25) is 0 Å². The quantitative estimate of drug-likeness (QED) is 0.580. The fraction of sp³-hybridized carbons (Fsp3) is 0.125. The number of rotatable bonds is 2. The van der Waals surface area contributed by atoms with Gasteiger partial charge in [0.05, 0.1) is 22.4 Å². The predicted octanol–water partition coefficient (Wildman–Crippen LogP) is 2.97. The average Bonchev–Trinajstić information content (AvgIpc) is 2.11. The molecular formula is C8H4Cl2N2O2. The number of nitro benzene ring substituents is 1. The van der Waals surface area contributed by atoms with Gasteiger partial charge >= 0.3 is 0 Å². The lowest BCUT2D eigenvalue weighted by atomic mass is 10.1. The lowest BCUT2D eigenvalue weighted by Crippen LogP contribution is -1.96. The van der Waals surface area contributed by atoms with Crippen LogP contribution in [0.3, 0.4) is 0 Å². The molecule has 6 heteroatoms. The zero-order valence-corrected chi connectivity index (χ0v) is 8.34. The van der Waals surface area contributed by atoms with Crippen molar-refractivity contribution >= 4 is 28.9 Å². The first-order valence-electron chi connectivity index (χ1n) is 3.56. The van der Waals surface area contributed by atoms with E-state index in [1.54, 1.807) is 0 Å². The van der Waals surface area contributed by atoms with Crippen LogP contribution in [0.1, 0.15) is 5.56 Å². The molecule has 1 aromatic rings. The monoisotopic (exact) mass is 230 g/mol. The van der Waals surface area contributed by atoms with Crippen molar-refractivity contribution in [3.63, 3.8) is 0 Å². The molecule has 0 saturated heterocycles. The molecule has 0 saturated carbocycles. The lowest BCUT2D eigenvalue weighted by molar-refractivity contribution is -0.385. The summed E-state index contributed by atoms with van der Waals surface area (Å²) >= 11 is 11.3. The molecule has 0 spiro atoms. The lowest BCUT2D eigenvalue weighted by Gasteiger charge is -2.01. The van der Waals surface area contributed by atoms with Gasteiger partial charge in [0, 0.05) is 5.56 Å². The summed E-state index contributed by atoms with van der Waals surface area (Å²) in [5.41, 5.74) is -0.0207. The van der Waals surface area contributed by atoms with Crippen LogP contribution in [0, 0.1) is 21.4 Å². The van der Waals surface area contributed by atoms with Gasteiger partial charge in [0.25, 0.3) is 5.69 Å². The third kappa shape index (κ3) is 1.95. The SMILES string of the molecule is N#CCc1ccc(Cl)c(Cl)c1[N+](=O)[O-]. The molecule has 0 amide bonds. The second-order valence-electron chi connectivity index (χ2n) is 2.46. The molecule has 14 heavy (non-hydrogen) atoms. The minimum atomic E-state index is -0.638. The Hall–Kier alpha value is -1.31. The summed E-state index contributed by atoms with van der Waals surface area (Å²) < 4.78 is 0.